The lowest BCUT2D eigenvalue weighted by atomic mass is 9.49. The lowest BCUT2D eigenvalue weighted by Gasteiger charge is -2.56. The van der Waals surface area contributed by atoms with Gasteiger partial charge in [0.1, 0.15) is 0 Å². The van der Waals surface area contributed by atoms with E-state index in [-0.39, 0.29) is 5.91 Å². The Morgan fingerprint density at radius 3 is 2.48 bits per heavy atom. The van der Waals surface area contributed by atoms with Crippen LogP contribution >= 0.6 is 15.9 Å². The van der Waals surface area contributed by atoms with Gasteiger partial charge in [0.05, 0.1) is 22.9 Å². The van der Waals surface area contributed by atoms with E-state index in [1.54, 1.807) is 0 Å². The lowest BCUT2D eigenvalue weighted by molar-refractivity contribution is -0.129. The summed E-state index contributed by atoms with van der Waals surface area (Å²) < 4.78 is 2.92. The van der Waals surface area contributed by atoms with Crippen molar-refractivity contribution in [1.82, 2.24) is 15.1 Å². The van der Waals surface area contributed by atoms with Gasteiger partial charge in [0.15, 0.2) is 0 Å². The van der Waals surface area contributed by atoms with Crippen molar-refractivity contribution in [3.05, 3.63) is 16.4 Å². The van der Waals surface area contributed by atoms with Gasteiger partial charge >= 0.3 is 0 Å². The van der Waals surface area contributed by atoms with Gasteiger partial charge in [-0.25, -0.2) is 0 Å². The number of rotatable bonds is 5. The predicted molar refractivity (Wildman–Crippen MR) is 92.7 cm³/mol. The van der Waals surface area contributed by atoms with Gasteiger partial charge in [-0.1, -0.05) is 0 Å². The Bertz CT molecular complexity index is 574. The number of amides is 1. The molecule has 1 heterocycles. The number of halogens is 1. The summed E-state index contributed by atoms with van der Waals surface area (Å²) >= 11 is 3.53. The average Bonchev–Trinajstić information content (AvgIpc) is 2.83. The number of nitrogens with zero attached hydrogens (tertiary/aromatic N) is 2. The van der Waals surface area contributed by atoms with E-state index >= 15 is 0 Å². The molecule has 0 radical (unpaired) electrons. The molecule has 4 aliphatic rings. The molecule has 0 aromatic carbocycles. The summed E-state index contributed by atoms with van der Waals surface area (Å²) in [7, 11) is 0. The number of aryl methyl sites for hydroxylation is 1. The molecule has 1 N–H and O–H groups in total. The van der Waals surface area contributed by atoms with Crippen molar-refractivity contribution in [1.29, 1.82) is 0 Å². The van der Waals surface area contributed by atoms with Crippen LogP contribution in [0.4, 0.5) is 0 Å². The standard InChI is InChI=1S/C18H26BrN3O/c1-2-22-16(15(19)10-21-22)11-20-17(23)9-18-6-12-3-13(7-18)5-14(4-12)8-18/h10,12-14H,2-9,11H2,1H3,(H,20,23). The van der Waals surface area contributed by atoms with Crippen molar-refractivity contribution in [3.63, 3.8) is 0 Å². The fourth-order valence-electron chi connectivity index (χ4n) is 5.93. The largest absolute Gasteiger partial charge is 0.350 e. The van der Waals surface area contributed by atoms with Crippen LogP contribution in [-0.2, 0) is 17.9 Å². The van der Waals surface area contributed by atoms with E-state index < -0.39 is 0 Å². The Balaban J connectivity index is 1.38. The Labute approximate surface area is 146 Å². The molecule has 4 bridgehead atoms. The molecule has 1 aromatic heterocycles. The molecule has 5 heteroatoms. The minimum Gasteiger partial charge on any atom is -0.350 e. The van der Waals surface area contributed by atoms with E-state index in [0.29, 0.717) is 12.0 Å². The summed E-state index contributed by atoms with van der Waals surface area (Å²) in [6.07, 6.45) is 10.7. The second-order valence-corrected chi connectivity index (χ2v) is 8.98. The highest BCUT2D eigenvalue weighted by Gasteiger charge is 2.51. The van der Waals surface area contributed by atoms with Crippen molar-refractivity contribution in [2.24, 2.45) is 23.2 Å². The second-order valence-electron chi connectivity index (χ2n) is 8.13. The molecule has 4 fully saturated rings. The zero-order valence-electron chi connectivity index (χ0n) is 13.9. The van der Waals surface area contributed by atoms with Crippen molar-refractivity contribution < 1.29 is 4.79 Å². The molecule has 1 amide bonds. The van der Waals surface area contributed by atoms with Crippen LogP contribution in [0.25, 0.3) is 0 Å². The zero-order valence-corrected chi connectivity index (χ0v) is 15.4. The maximum absolute atomic E-state index is 12.6. The molecule has 0 unspecified atom stereocenters. The second kappa shape index (κ2) is 5.91. The van der Waals surface area contributed by atoms with Crippen molar-refractivity contribution in [2.75, 3.05) is 0 Å². The highest BCUT2D eigenvalue weighted by atomic mass is 79.9. The first-order valence-electron chi connectivity index (χ1n) is 9.04. The number of carbonyl (C=O) groups excluding carboxylic acids is 1. The Hall–Kier alpha value is -0.840. The first-order valence-corrected chi connectivity index (χ1v) is 9.83. The Morgan fingerprint density at radius 1 is 1.30 bits per heavy atom. The Kier molecular flexibility index (Phi) is 4.02. The monoisotopic (exact) mass is 379 g/mol. The third kappa shape index (κ3) is 2.97. The highest BCUT2D eigenvalue weighted by Crippen LogP contribution is 2.61. The summed E-state index contributed by atoms with van der Waals surface area (Å²) in [5.74, 6) is 2.95. The summed E-state index contributed by atoms with van der Waals surface area (Å²) in [6.45, 7) is 3.46. The molecule has 4 saturated carbocycles. The van der Waals surface area contributed by atoms with E-state index in [4.69, 9.17) is 0 Å². The Morgan fingerprint density at radius 2 is 1.91 bits per heavy atom. The smallest absolute Gasteiger partial charge is 0.220 e. The van der Waals surface area contributed by atoms with Gasteiger partial charge < -0.3 is 5.32 Å². The molecule has 5 rings (SSSR count). The molecular weight excluding hydrogens is 354 g/mol. The van der Waals surface area contributed by atoms with E-state index in [2.05, 4.69) is 33.3 Å². The molecule has 0 spiro atoms. The fourth-order valence-corrected chi connectivity index (χ4v) is 6.36. The molecule has 4 nitrogen and oxygen atoms in total. The number of aromatic nitrogens is 2. The van der Waals surface area contributed by atoms with E-state index in [0.717, 1.165) is 40.9 Å². The summed E-state index contributed by atoms with van der Waals surface area (Å²) in [5.41, 5.74) is 1.38. The zero-order chi connectivity index (χ0) is 16.0. The molecular formula is C18H26BrN3O. The SMILES string of the molecule is CCn1ncc(Br)c1CNC(=O)CC12CC3CC(CC(C3)C1)C2. The minimum absolute atomic E-state index is 0.225. The third-order valence-corrected chi connectivity index (χ3v) is 7.01. The first kappa shape index (κ1) is 15.7. The predicted octanol–water partition coefficient (Wildman–Crippen LogP) is 3.89. The maximum atomic E-state index is 12.6. The highest BCUT2D eigenvalue weighted by molar-refractivity contribution is 9.10. The van der Waals surface area contributed by atoms with Crippen LogP contribution in [0.15, 0.2) is 10.7 Å². The van der Waals surface area contributed by atoms with Crippen LogP contribution in [0.1, 0.15) is 57.6 Å². The van der Waals surface area contributed by atoms with Gasteiger partial charge in [0, 0.05) is 13.0 Å². The van der Waals surface area contributed by atoms with Crippen LogP contribution < -0.4 is 5.32 Å². The van der Waals surface area contributed by atoms with Gasteiger partial charge in [0.25, 0.3) is 0 Å². The van der Waals surface area contributed by atoms with Crippen LogP contribution in [0.3, 0.4) is 0 Å². The fraction of sp³-hybridized carbons (Fsp3) is 0.778. The number of nitrogens with one attached hydrogen (secondary N) is 1. The van der Waals surface area contributed by atoms with E-state index in [1.165, 1.54) is 38.5 Å². The minimum atomic E-state index is 0.225. The van der Waals surface area contributed by atoms with Crippen LogP contribution in [-0.4, -0.2) is 15.7 Å². The topological polar surface area (TPSA) is 46.9 Å². The average molecular weight is 380 g/mol. The lowest BCUT2D eigenvalue weighted by Crippen LogP contribution is -2.48. The molecule has 0 atom stereocenters. The van der Waals surface area contributed by atoms with Crippen LogP contribution in [0, 0.1) is 23.2 Å². The van der Waals surface area contributed by atoms with E-state index in [1.807, 2.05) is 10.9 Å². The van der Waals surface area contributed by atoms with Gasteiger partial charge in [0.2, 0.25) is 5.91 Å². The third-order valence-electron chi connectivity index (χ3n) is 6.35. The van der Waals surface area contributed by atoms with Gasteiger partial charge in [-0.2, -0.15) is 5.10 Å². The quantitative estimate of drug-likeness (QED) is 0.843. The van der Waals surface area contributed by atoms with Crippen molar-refractivity contribution in [2.45, 2.75) is 65.0 Å². The van der Waals surface area contributed by atoms with Crippen molar-refractivity contribution in [3.8, 4) is 0 Å². The van der Waals surface area contributed by atoms with Gasteiger partial charge in [-0.3, -0.25) is 9.48 Å². The molecule has 126 valence electrons. The van der Waals surface area contributed by atoms with E-state index in [9.17, 15) is 4.79 Å². The van der Waals surface area contributed by atoms with Gasteiger partial charge in [-0.15, -0.1) is 0 Å². The first-order chi connectivity index (χ1) is 11.1. The summed E-state index contributed by atoms with van der Waals surface area (Å²) in [5, 5.41) is 7.46. The van der Waals surface area contributed by atoms with Crippen LogP contribution in [0.5, 0.6) is 0 Å². The molecule has 23 heavy (non-hydrogen) atoms. The normalized spacial score (nSPS) is 34.8. The number of hydrogen-bond acceptors (Lipinski definition) is 2. The van der Waals surface area contributed by atoms with Gasteiger partial charge in [-0.05, 0) is 84.5 Å². The molecule has 1 aromatic rings. The van der Waals surface area contributed by atoms with Crippen molar-refractivity contribution >= 4 is 21.8 Å². The van der Waals surface area contributed by atoms with Crippen LogP contribution in [0.2, 0.25) is 0 Å². The molecule has 4 aliphatic carbocycles. The maximum Gasteiger partial charge on any atom is 0.220 e. The summed E-state index contributed by atoms with van der Waals surface area (Å²) in [4.78, 5) is 12.6. The number of carbonyl (C=O) groups is 1. The summed E-state index contributed by atoms with van der Waals surface area (Å²) in [6, 6.07) is 0. The molecule has 0 saturated heterocycles. The molecule has 0 aliphatic heterocycles. The number of hydrogen-bond donors (Lipinski definition) is 1.